The fourth-order valence-electron chi connectivity index (χ4n) is 2.33. The summed E-state index contributed by atoms with van der Waals surface area (Å²) >= 11 is 3.58. The van der Waals surface area contributed by atoms with Crippen LogP contribution in [0, 0.1) is 0 Å². The molecule has 0 saturated heterocycles. The molecule has 1 aliphatic heterocycles. The van der Waals surface area contributed by atoms with Crippen LogP contribution in [0.4, 0.5) is 5.82 Å². The summed E-state index contributed by atoms with van der Waals surface area (Å²) in [6, 6.07) is 8.18. The Morgan fingerprint density at radius 1 is 1.41 bits per heavy atom. The standard InChI is InChI=1S/C13H14BrN3/c1-2-11-9-7-8-15-13(9)17(16-11)12-6-4-3-5-10(12)14/h3-6,15H,2,7-8H2,1H3. The fourth-order valence-corrected chi connectivity index (χ4v) is 2.78. The van der Waals surface area contributed by atoms with E-state index in [1.54, 1.807) is 0 Å². The number of rotatable bonds is 2. The van der Waals surface area contributed by atoms with E-state index in [1.165, 1.54) is 11.3 Å². The van der Waals surface area contributed by atoms with Crippen molar-refractivity contribution in [2.24, 2.45) is 0 Å². The Bertz CT molecular complexity index is 560. The van der Waals surface area contributed by atoms with E-state index in [2.05, 4.69) is 34.2 Å². The van der Waals surface area contributed by atoms with Crippen molar-refractivity contribution in [1.82, 2.24) is 9.78 Å². The second kappa shape index (κ2) is 4.18. The lowest BCUT2D eigenvalue weighted by Gasteiger charge is -2.08. The smallest absolute Gasteiger partial charge is 0.133 e. The molecule has 3 nitrogen and oxygen atoms in total. The Morgan fingerprint density at radius 2 is 2.24 bits per heavy atom. The predicted molar refractivity (Wildman–Crippen MR) is 72.8 cm³/mol. The van der Waals surface area contributed by atoms with Gasteiger partial charge in [0.1, 0.15) is 5.82 Å². The van der Waals surface area contributed by atoms with E-state index in [0.717, 1.165) is 35.4 Å². The van der Waals surface area contributed by atoms with E-state index in [9.17, 15) is 0 Å². The van der Waals surface area contributed by atoms with Gasteiger partial charge in [0.2, 0.25) is 0 Å². The number of halogens is 1. The van der Waals surface area contributed by atoms with Crippen LogP contribution in [0.15, 0.2) is 28.7 Å². The summed E-state index contributed by atoms with van der Waals surface area (Å²) in [5.74, 6) is 1.16. The lowest BCUT2D eigenvalue weighted by atomic mass is 10.2. The highest BCUT2D eigenvalue weighted by Gasteiger charge is 2.22. The van der Waals surface area contributed by atoms with Gasteiger partial charge in [-0.15, -0.1) is 0 Å². The number of aryl methyl sites for hydroxylation is 1. The average Bonchev–Trinajstić information content (AvgIpc) is 2.91. The van der Waals surface area contributed by atoms with Crippen molar-refractivity contribution in [1.29, 1.82) is 0 Å². The minimum absolute atomic E-state index is 0.988. The monoisotopic (exact) mass is 291 g/mol. The van der Waals surface area contributed by atoms with Crippen LogP contribution in [0.3, 0.4) is 0 Å². The first-order valence-electron chi connectivity index (χ1n) is 5.90. The maximum atomic E-state index is 4.71. The zero-order valence-corrected chi connectivity index (χ0v) is 11.3. The predicted octanol–water partition coefficient (Wildman–Crippen LogP) is 3.17. The van der Waals surface area contributed by atoms with Crippen molar-refractivity contribution >= 4 is 21.7 Å². The van der Waals surface area contributed by atoms with Gasteiger partial charge in [0.05, 0.1) is 11.4 Å². The highest BCUT2D eigenvalue weighted by Crippen LogP contribution is 2.31. The number of anilines is 1. The lowest BCUT2D eigenvalue weighted by molar-refractivity contribution is 0.829. The van der Waals surface area contributed by atoms with Crippen molar-refractivity contribution in [3.63, 3.8) is 0 Å². The molecule has 1 N–H and O–H groups in total. The first-order chi connectivity index (χ1) is 8.31. The summed E-state index contributed by atoms with van der Waals surface area (Å²) in [5.41, 5.74) is 3.68. The summed E-state index contributed by atoms with van der Waals surface area (Å²) < 4.78 is 3.09. The molecule has 3 rings (SSSR count). The summed E-state index contributed by atoms with van der Waals surface area (Å²) in [5, 5.41) is 8.13. The van der Waals surface area contributed by atoms with Crippen molar-refractivity contribution in [3.05, 3.63) is 40.0 Å². The molecule has 1 aromatic heterocycles. The van der Waals surface area contributed by atoms with Crippen molar-refractivity contribution in [2.75, 3.05) is 11.9 Å². The van der Waals surface area contributed by atoms with Crippen LogP contribution in [-0.4, -0.2) is 16.3 Å². The van der Waals surface area contributed by atoms with E-state index in [4.69, 9.17) is 5.10 Å². The van der Waals surface area contributed by atoms with E-state index in [0.29, 0.717) is 0 Å². The van der Waals surface area contributed by atoms with Gasteiger partial charge in [-0.25, -0.2) is 4.68 Å². The Hall–Kier alpha value is -1.29. The van der Waals surface area contributed by atoms with Crippen LogP contribution >= 0.6 is 15.9 Å². The zero-order valence-electron chi connectivity index (χ0n) is 9.70. The molecule has 17 heavy (non-hydrogen) atoms. The second-order valence-electron chi connectivity index (χ2n) is 4.17. The van der Waals surface area contributed by atoms with Crippen LogP contribution in [-0.2, 0) is 12.8 Å². The largest absolute Gasteiger partial charge is 0.369 e. The van der Waals surface area contributed by atoms with Gasteiger partial charge in [0.25, 0.3) is 0 Å². The van der Waals surface area contributed by atoms with Crippen LogP contribution < -0.4 is 5.32 Å². The maximum absolute atomic E-state index is 4.71. The number of para-hydroxylation sites is 1. The van der Waals surface area contributed by atoms with Crippen LogP contribution in [0.25, 0.3) is 5.69 Å². The Balaban J connectivity index is 2.19. The Kier molecular flexibility index (Phi) is 2.67. The van der Waals surface area contributed by atoms with Gasteiger partial charge < -0.3 is 5.32 Å². The number of hydrogen-bond donors (Lipinski definition) is 1. The summed E-state index contributed by atoms with van der Waals surface area (Å²) in [4.78, 5) is 0. The number of benzene rings is 1. The molecule has 0 fully saturated rings. The van der Waals surface area contributed by atoms with Crippen molar-refractivity contribution in [2.45, 2.75) is 19.8 Å². The molecule has 88 valence electrons. The summed E-state index contributed by atoms with van der Waals surface area (Å²) in [7, 11) is 0. The van der Waals surface area contributed by atoms with Gasteiger partial charge in [0.15, 0.2) is 0 Å². The lowest BCUT2D eigenvalue weighted by Crippen LogP contribution is -2.05. The normalized spacial score (nSPS) is 13.5. The molecule has 0 spiro atoms. The van der Waals surface area contributed by atoms with E-state index >= 15 is 0 Å². The summed E-state index contributed by atoms with van der Waals surface area (Å²) in [6.07, 6.45) is 2.07. The molecule has 1 aliphatic rings. The Labute approximate surface area is 109 Å². The highest BCUT2D eigenvalue weighted by molar-refractivity contribution is 9.10. The third-order valence-corrected chi connectivity index (χ3v) is 3.82. The molecule has 0 aliphatic carbocycles. The van der Waals surface area contributed by atoms with Crippen molar-refractivity contribution < 1.29 is 0 Å². The molecule has 0 atom stereocenters. The molecule has 2 aromatic rings. The van der Waals surface area contributed by atoms with Crippen LogP contribution in [0.2, 0.25) is 0 Å². The molecule has 0 bridgehead atoms. The second-order valence-corrected chi connectivity index (χ2v) is 5.02. The number of nitrogens with zero attached hydrogens (tertiary/aromatic N) is 2. The van der Waals surface area contributed by atoms with Crippen LogP contribution in [0.1, 0.15) is 18.2 Å². The fraction of sp³-hybridized carbons (Fsp3) is 0.308. The van der Waals surface area contributed by atoms with Gasteiger partial charge >= 0.3 is 0 Å². The first kappa shape index (κ1) is 10.8. The molecular weight excluding hydrogens is 278 g/mol. The maximum Gasteiger partial charge on any atom is 0.133 e. The highest BCUT2D eigenvalue weighted by atomic mass is 79.9. The molecular formula is C13H14BrN3. The Morgan fingerprint density at radius 3 is 3.00 bits per heavy atom. The molecule has 4 heteroatoms. The SMILES string of the molecule is CCc1nn(-c2ccccc2Br)c2c1CCN2. The van der Waals surface area contributed by atoms with Gasteiger partial charge in [-0.05, 0) is 40.9 Å². The third kappa shape index (κ3) is 1.67. The van der Waals surface area contributed by atoms with E-state index in [1.807, 2.05) is 22.9 Å². The summed E-state index contributed by atoms with van der Waals surface area (Å²) in [6.45, 7) is 3.18. The van der Waals surface area contributed by atoms with Crippen molar-refractivity contribution in [3.8, 4) is 5.69 Å². The molecule has 2 heterocycles. The van der Waals surface area contributed by atoms with E-state index in [-0.39, 0.29) is 0 Å². The number of nitrogens with one attached hydrogen (secondary N) is 1. The van der Waals surface area contributed by atoms with E-state index < -0.39 is 0 Å². The average molecular weight is 292 g/mol. The third-order valence-electron chi connectivity index (χ3n) is 3.15. The number of hydrogen-bond acceptors (Lipinski definition) is 2. The van der Waals surface area contributed by atoms with Gasteiger partial charge in [0, 0.05) is 16.6 Å². The molecule has 1 aromatic carbocycles. The minimum atomic E-state index is 0.988. The quantitative estimate of drug-likeness (QED) is 0.921. The topological polar surface area (TPSA) is 29.9 Å². The molecule has 0 radical (unpaired) electrons. The van der Waals surface area contributed by atoms with Crippen LogP contribution in [0.5, 0.6) is 0 Å². The zero-order chi connectivity index (χ0) is 11.8. The molecule has 0 amide bonds. The number of aromatic nitrogens is 2. The van der Waals surface area contributed by atoms with Gasteiger partial charge in [-0.2, -0.15) is 5.10 Å². The van der Waals surface area contributed by atoms with Gasteiger partial charge in [-0.1, -0.05) is 19.1 Å². The molecule has 0 saturated carbocycles. The molecule has 0 unspecified atom stereocenters. The number of fused-ring (bicyclic) bond motifs is 1. The van der Waals surface area contributed by atoms with Gasteiger partial charge in [-0.3, -0.25) is 0 Å². The minimum Gasteiger partial charge on any atom is -0.369 e. The first-order valence-corrected chi connectivity index (χ1v) is 6.70.